The number of hydrogen-bond donors (Lipinski definition) is 1. The highest BCUT2D eigenvalue weighted by Crippen LogP contribution is 2.16. The molecule has 1 amide bonds. The van der Waals surface area contributed by atoms with E-state index in [-0.39, 0.29) is 11.7 Å². The Kier molecular flexibility index (Phi) is 7.73. The molecule has 150 valence electrons. The van der Waals surface area contributed by atoms with Gasteiger partial charge in [0.1, 0.15) is 5.82 Å². The number of halogens is 2. The lowest BCUT2D eigenvalue weighted by molar-refractivity contribution is -0.121. The molecule has 0 unspecified atom stereocenters. The molecule has 2 aromatic rings. The Morgan fingerprint density at radius 2 is 1.93 bits per heavy atom. The van der Waals surface area contributed by atoms with Crippen LogP contribution in [0, 0.1) is 5.82 Å². The molecule has 8 heteroatoms. The van der Waals surface area contributed by atoms with Crippen molar-refractivity contribution in [2.45, 2.75) is 19.3 Å². The summed E-state index contributed by atoms with van der Waals surface area (Å²) in [6.07, 6.45) is 5.15. The first-order valence-electron chi connectivity index (χ1n) is 9.57. The molecule has 1 aliphatic heterocycles. The van der Waals surface area contributed by atoms with E-state index in [1.165, 1.54) is 6.07 Å². The molecule has 0 spiro atoms. The number of aromatic nitrogens is 2. The van der Waals surface area contributed by atoms with Gasteiger partial charge in [-0.3, -0.25) is 9.69 Å². The van der Waals surface area contributed by atoms with Crippen molar-refractivity contribution in [1.82, 2.24) is 20.2 Å². The third-order valence-corrected chi connectivity index (χ3v) is 5.31. The highest BCUT2D eigenvalue weighted by Gasteiger charge is 2.18. The van der Waals surface area contributed by atoms with Crippen LogP contribution in [-0.2, 0) is 11.2 Å². The number of nitrogens with zero attached hydrogens (tertiary/aromatic N) is 4. The number of carbonyl (C=O) groups excluding carboxylic acids is 1. The Labute approximate surface area is 173 Å². The number of anilines is 1. The molecular formula is C20H25BrFN5O. The first-order valence-corrected chi connectivity index (χ1v) is 10.4. The van der Waals surface area contributed by atoms with Crippen LogP contribution in [0.5, 0.6) is 0 Å². The van der Waals surface area contributed by atoms with Gasteiger partial charge in [-0.05, 0) is 43.1 Å². The quantitative estimate of drug-likeness (QED) is 0.627. The van der Waals surface area contributed by atoms with Crippen molar-refractivity contribution in [2.24, 2.45) is 0 Å². The second-order valence-corrected chi connectivity index (χ2v) is 7.73. The average molecular weight is 450 g/mol. The maximum absolute atomic E-state index is 13.8. The van der Waals surface area contributed by atoms with Crippen molar-refractivity contribution >= 4 is 27.8 Å². The fourth-order valence-corrected chi connectivity index (χ4v) is 3.55. The summed E-state index contributed by atoms with van der Waals surface area (Å²) in [4.78, 5) is 25.1. The first-order chi connectivity index (χ1) is 13.6. The van der Waals surface area contributed by atoms with Crippen LogP contribution in [0.4, 0.5) is 10.3 Å². The summed E-state index contributed by atoms with van der Waals surface area (Å²) in [7, 11) is 0. The summed E-state index contributed by atoms with van der Waals surface area (Å²) in [5.74, 6) is 0.479. The van der Waals surface area contributed by atoms with Gasteiger partial charge in [-0.15, -0.1) is 0 Å². The van der Waals surface area contributed by atoms with Gasteiger partial charge in [-0.2, -0.15) is 0 Å². The van der Waals surface area contributed by atoms with Gasteiger partial charge in [0.2, 0.25) is 11.9 Å². The predicted molar refractivity (Wildman–Crippen MR) is 111 cm³/mol. The molecule has 1 saturated heterocycles. The molecule has 6 nitrogen and oxygen atoms in total. The van der Waals surface area contributed by atoms with E-state index >= 15 is 0 Å². The lowest BCUT2D eigenvalue weighted by Crippen LogP contribution is -2.47. The molecule has 0 bridgehead atoms. The van der Waals surface area contributed by atoms with Gasteiger partial charge in [-0.25, -0.2) is 14.4 Å². The molecule has 1 aromatic heterocycles. The number of rotatable bonds is 8. The molecule has 28 heavy (non-hydrogen) atoms. The normalized spacial score (nSPS) is 14.9. The molecular weight excluding hydrogens is 425 g/mol. The van der Waals surface area contributed by atoms with Crippen molar-refractivity contribution in [2.75, 3.05) is 44.2 Å². The van der Waals surface area contributed by atoms with Gasteiger partial charge in [-0.1, -0.05) is 22.0 Å². The fraction of sp³-hybridized carbons (Fsp3) is 0.450. The lowest BCUT2D eigenvalue weighted by atomic mass is 10.1. The topological polar surface area (TPSA) is 61.4 Å². The Morgan fingerprint density at radius 3 is 2.64 bits per heavy atom. The molecule has 3 rings (SSSR count). The number of nitrogens with one attached hydrogen (secondary N) is 1. The average Bonchev–Trinajstić information content (AvgIpc) is 2.72. The molecule has 1 aromatic carbocycles. The molecule has 1 fully saturated rings. The predicted octanol–water partition coefficient (Wildman–Crippen LogP) is 2.64. The van der Waals surface area contributed by atoms with E-state index < -0.39 is 0 Å². The minimum Gasteiger partial charge on any atom is -0.356 e. The summed E-state index contributed by atoms with van der Waals surface area (Å²) in [6.45, 7) is 5.35. The van der Waals surface area contributed by atoms with Crippen LogP contribution in [-0.4, -0.2) is 60.0 Å². The number of aryl methyl sites for hydroxylation is 1. The van der Waals surface area contributed by atoms with Crippen LogP contribution >= 0.6 is 15.9 Å². The van der Waals surface area contributed by atoms with Crippen LogP contribution in [0.15, 0.2) is 41.1 Å². The number of piperazine rings is 1. The maximum Gasteiger partial charge on any atom is 0.225 e. The van der Waals surface area contributed by atoms with Crippen molar-refractivity contribution in [3.63, 3.8) is 0 Å². The van der Waals surface area contributed by atoms with Crippen LogP contribution in [0.25, 0.3) is 0 Å². The van der Waals surface area contributed by atoms with E-state index in [0.29, 0.717) is 29.4 Å². The highest BCUT2D eigenvalue weighted by atomic mass is 79.9. The van der Waals surface area contributed by atoms with Crippen molar-refractivity contribution < 1.29 is 9.18 Å². The fourth-order valence-electron chi connectivity index (χ4n) is 3.22. The van der Waals surface area contributed by atoms with Gasteiger partial charge >= 0.3 is 0 Å². The highest BCUT2D eigenvalue weighted by molar-refractivity contribution is 9.10. The first kappa shape index (κ1) is 20.7. The van der Waals surface area contributed by atoms with Crippen LogP contribution in [0.1, 0.15) is 18.4 Å². The summed E-state index contributed by atoms with van der Waals surface area (Å²) in [6, 6.07) is 6.76. The molecule has 0 aliphatic carbocycles. The van der Waals surface area contributed by atoms with E-state index in [9.17, 15) is 9.18 Å². The molecule has 0 radical (unpaired) electrons. The van der Waals surface area contributed by atoms with Gasteiger partial charge in [0.25, 0.3) is 0 Å². The zero-order chi connectivity index (χ0) is 19.8. The second kappa shape index (κ2) is 10.5. The summed E-state index contributed by atoms with van der Waals surface area (Å²) in [5.41, 5.74) is 0.568. The Bertz CT molecular complexity index is 768. The lowest BCUT2D eigenvalue weighted by Gasteiger charge is -2.34. The number of hydrogen-bond acceptors (Lipinski definition) is 5. The summed E-state index contributed by atoms with van der Waals surface area (Å²) >= 11 is 3.23. The number of benzene rings is 1. The van der Waals surface area contributed by atoms with E-state index in [1.807, 2.05) is 6.07 Å². The molecule has 2 heterocycles. The third-order valence-electron chi connectivity index (χ3n) is 4.82. The molecule has 1 N–H and O–H groups in total. The maximum atomic E-state index is 13.8. The van der Waals surface area contributed by atoms with Crippen LogP contribution in [0.2, 0.25) is 0 Å². The SMILES string of the molecule is O=C(CCc1ccc(Br)cc1F)NCCCN1CCN(c2ncccn2)CC1. The zero-order valence-corrected chi connectivity index (χ0v) is 17.4. The smallest absolute Gasteiger partial charge is 0.225 e. The Hall–Kier alpha value is -2.06. The Balaban J connectivity index is 1.28. The molecule has 1 aliphatic rings. The summed E-state index contributed by atoms with van der Waals surface area (Å²) < 4.78 is 14.5. The number of amides is 1. The standard InChI is InChI=1S/C20H25BrFN5O/c21-17-5-3-16(18(22)15-17)4-6-19(28)23-9-2-10-26-11-13-27(14-12-26)20-24-7-1-8-25-20/h1,3,5,7-8,15H,2,4,6,9-14H2,(H,23,28). The van der Waals surface area contributed by atoms with Crippen molar-refractivity contribution in [1.29, 1.82) is 0 Å². The van der Waals surface area contributed by atoms with E-state index in [4.69, 9.17) is 0 Å². The Morgan fingerprint density at radius 1 is 1.18 bits per heavy atom. The van der Waals surface area contributed by atoms with Crippen LogP contribution < -0.4 is 10.2 Å². The third kappa shape index (κ3) is 6.24. The van der Waals surface area contributed by atoms with Crippen molar-refractivity contribution in [3.05, 3.63) is 52.5 Å². The largest absolute Gasteiger partial charge is 0.356 e. The molecule has 0 saturated carbocycles. The minimum atomic E-state index is -0.276. The van der Waals surface area contributed by atoms with Gasteiger partial charge in [0, 0.05) is 56.0 Å². The van der Waals surface area contributed by atoms with E-state index in [1.54, 1.807) is 24.5 Å². The van der Waals surface area contributed by atoms with Gasteiger partial charge in [0.05, 0.1) is 0 Å². The monoisotopic (exact) mass is 449 g/mol. The van der Waals surface area contributed by atoms with Crippen LogP contribution in [0.3, 0.4) is 0 Å². The minimum absolute atomic E-state index is 0.0339. The van der Waals surface area contributed by atoms with Gasteiger partial charge < -0.3 is 10.2 Å². The number of carbonyl (C=O) groups is 1. The second-order valence-electron chi connectivity index (χ2n) is 6.82. The summed E-state index contributed by atoms with van der Waals surface area (Å²) in [5, 5.41) is 2.93. The van der Waals surface area contributed by atoms with Crippen molar-refractivity contribution in [3.8, 4) is 0 Å². The molecule has 0 atom stereocenters. The van der Waals surface area contributed by atoms with Gasteiger partial charge in [0.15, 0.2) is 0 Å². The van der Waals surface area contributed by atoms with E-state index in [2.05, 4.69) is 41.0 Å². The van der Waals surface area contributed by atoms with E-state index in [0.717, 1.165) is 45.1 Å². The zero-order valence-electron chi connectivity index (χ0n) is 15.8.